The Bertz CT molecular complexity index is 846. The zero-order valence-corrected chi connectivity index (χ0v) is 17.5. The van der Waals surface area contributed by atoms with Crippen LogP contribution in [0, 0.1) is 0 Å². The van der Waals surface area contributed by atoms with E-state index in [0.29, 0.717) is 17.5 Å². The fourth-order valence-corrected chi connectivity index (χ4v) is 5.60. The van der Waals surface area contributed by atoms with Gasteiger partial charge in [-0.2, -0.15) is 9.61 Å². The predicted molar refractivity (Wildman–Crippen MR) is 109 cm³/mol. The van der Waals surface area contributed by atoms with Crippen molar-refractivity contribution in [3.63, 3.8) is 0 Å². The number of anilines is 1. The van der Waals surface area contributed by atoms with Crippen molar-refractivity contribution in [1.29, 1.82) is 0 Å². The Labute approximate surface area is 168 Å². The van der Waals surface area contributed by atoms with Crippen LogP contribution in [0.2, 0.25) is 0 Å². The first-order chi connectivity index (χ1) is 13.2. The zero-order chi connectivity index (χ0) is 18.4. The van der Waals surface area contributed by atoms with Crippen molar-refractivity contribution in [3.05, 3.63) is 21.9 Å². The van der Waals surface area contributed by atoms with E-state index in [1.165, 1.54) is 55.6 Å². The highest BCUT2D eigenvalue weighted by atomic mass is 79.9. The van der Waals surface area contributed by atoms with Crippen LogP contribution < -0.4 is 10.6 Å². The first kappa shape index (κ1) is 17.9. The molecular formula is C20H28BrN5O. The van der Waals surface area contributed by atoms with Crippen molar-refractivity contribution in [2.45, 2.75) is 68.9 Å². The summed E-state index contributed by atoms with van der Waals surface area (Å²) in [4.78, 5) is 5.08. The van der Waals surface area contributed by atoms with Crippen molar-refractivity contribution in [3.8, 4) is 0 Å². The van der Waals surface area contributed by atoms with Crippen LogP contribution in [0.4, 0.5) is 5.82 Å². The topological polar surface area (TPSA) is 63.5 Å². The van der Waals surface area contributed by atoms with E-state index in [4.69, 9.17) is 9.72 Å². The molecule has 1 spiro atoms. The summed E-state index contributed by atoms with van der Waals surface area (Å²) in [7, 11) is 1.76. The lowest BCUT2D eigenvalue weighted by Gasteiger charge is -2.38. The fourth-order valence-electron chi connectivity index (χ4n) is 5.25. The van der Waals surface area contributed by atoms with Gasteiger partial charge < -0.3 is 15.4 Å². The van der Waals surface area contributed by atoms with Gasteiger partial charge in [0.25, 0.3) is 0 Å². The normalized spacial score (nSPS) is 25.9. The number of ether oxygens (including phenoxy) is 1. The summed E-state index contributed by atoms with van der Waals surface area (Å²) >= 11 is 3.65. The van der Waals surface area contributed by atoms with Crippen molar-refractivity contribution in [1.82, 2.24) is 19.9 Å². The SMILES string of the molecule is COCCN[C@H]1CC[C@H](Nc2c3c(nc4c(Br)cnn24)C2(CCC2)CC3)C1. The van der Waals surface area contributed by atoms with Gasteiger partial charge in [0.05, 0.1) is 23.0 Å². The number of methoxy groups -OCH3 is 1. The lowest BCUT2D eigenvalue weighted by Crippen LogP contribution is -2.33. The van der Waals surface area contributed by atoms with E-state index in [1.807, 2.05) is 10.7 Å². The van der Waals surface area contributed by atoms with Crippen LogP contribution >= 0.6 is 15.9 Å². The molecule has 0 saturated heterocycles. The molecule has 0 bridgehead atoms. The summed E-state index contributed by atoms with van der Waals surface area (Å²) in [5, 5.41) is 12.1. The van der Waals surface area contributed by atoms with E-state index in [-0.39, 0.29) is 0 Å². The lowest BCUT2D eigenvalue weighted by molar-refractivity contribution is 0.195. The molecule has 3 aliphatic rings. The number of nitrogens with one attached hydrogen (secondary N) is 2. The molecule has 2 aromatic heterocycles. The highest BCUT2D eigenvalue weighted by Crippen LogP contribution is 2.53. The van der Waals surface area contributed by atoms with Crippen LogP contribution in [0.3, 0.4) is 0 Å². The monoisotopic (exact) mass is 433 g/mol. The maximum Gasteiger partial charge on any atom is 0.171 e. The van der Waals surface area contributed by atoms with Crippen LogP contribution in [-0.2, 0) is 16.6 Å². The Kier molecular flexibility index (Phi) is 4.64. The van der Waals surface area contributed by atoms with Crippen molar-refractivity contribution < 1.29 is 4.74 Å². The third-order valence-corrected chi connectivity index (χ3v) is 7.44. The number of nitrogens with zero attached hydrogens (tertiary/aromatic N) is 3. The minimum Gasteiger partial charge on any atom is -0.383 e. The fraction of sp³-hybridized carbons (Fsp3) is 0.700. The molecule has 2 atom stereocenters. The number of hydrogen-bond acceptors (Lipinski definition) is 5. The van der Waals surface area contributed by atoms with Gasteiger partial charge in [0.1, 0.15) is 5.82 Å². The average Bonchev–Trinajstić information content (AvgIpc) is 3.33. The first-order valence-electron chi connectivity index (χ1n) is 10.3. The smallest absolute Gasteiger partial charge is 0.171 e. The van der Waals surface area contributed by atoms with Crippen LogP contribution in [-0.4, -0.2) is 46.9 Å². The van der Waals surface area contributed by atoms with Gasteiger partial charge in [-0.15, -0.1) is 0 Å². The Balaban J connectivity index is 1.42. The quantitative estimate of drug-likeness (QED) is 0.683. The summed E-state index contributed by atoms with van der Waals surface area (Å²) in [6.45, 7) is 1.70. The van der Waals surface area contributed by atoms with Crippen molar-refractivity contribution in [2.75, 3.05) is 25.6 Å². The van der Waals surface area contributed by atoms with Crippen LogP contribution in [0.1, 0.15) is 56.2 Å². The molecule has 0 aromatic carbocycles. The van der Waals surface area contributed by atoms with Gasteiger partial charge in [0.2, 0.25) is 0 Å². The van der Waals surface area contributed by atoms with Crippen molar-refractivity contribution in [2.24, 2.45) is 0 Å². The average molecular weight is 434 g/mol. The highest BCUT2D eigenvalue weighted by Gasteiger charge is 2.46. The zero-order valence-electron chi connectivity index (χ0n) is 15.9. The van der Waals surface area contributed by atoms with E-state index < -0.39 is 0 Å². The minimum atomic E-state index is 0.344. The molecule has 0 radical (unpaired) electrons. The molecule has 0 unspecified atom stereocenters. The van der Waals surface area contributed by atoms with Gasteiger partial charge in [-0.05, 0) is 60.9 Å². The van der Waals surface area contributed by atoms with Gasteiger partial charge in [-0.1, -0.05) is 6.42 Å². The molecule has 3 aliphatic carbocycles. The second kappa shape index (κ2) is 7.01. The highest BCUT2D eigenvalue weighted by molar-refractivity contribution is 9.10. The van der Waals surface area contributed by atoms with E-state index in [0.717, 1.165) is 36.1 Å². The van der Waals surface area contributed by atoms with E-state index in [1.54, 1.807) is 7.11 Å². The Hall–Kier alpha value is -1.18. The van der Waals surface area contributed by atoms with Crippen LogP contribution in [0.5, 0.6) is 0 Å². The van der Waals surface area contributed by atoms with E-state index >= 15 is 0 Å². The number of hydrogen-bond donors (Lipinski definition) is 2. The molecule has 2 heterocycles. The summed E-state index contributed by atoms with van der Waals surface area (Å²) < 4.78 is 8.17. The lowest BCUT2D eigenvalue weighted by atomic mass is 9.67. The standard InChI is InChI=1S/C20H28BrN5O/c1-27-10-9-22-13-3-4-14(11-13)24-18-15-5-8-20(6-2-7-20)17(15)25-19-16(21)12-23-26(18)19/h12-14,22,24H,2-11H2,1H3/t13-,14-/m0/s1. The molecule has 7 heteroatoms. The minimum absolute atomic E-state index is 0.344. The summed E-state index contributed by atoms with van der Waals surface area (Å²) in [5.74, 6) is 1.19. The molecule has 2 aromatic rings. The van der Waals surface area contributed by atoms with Gasteiger partial charge in [0, 0.05) is 36.7 Å². The molecule has 146 valence electrons. The maximum atomic E-state index is 5.16. The summed E-state index contributed by atoms with van der Waals surface area (Å²) in [6, 6.07) is 1.06. The number of rotatable bonds is 6. The summed E-state index contributed by atoms with van der Waals surface area (Å²) in [6.07, 6.45) is 11.7. The third kappa shape index (κ3) is 2.98. The molecule has 2 N–H and O–H groups in total. The summed E-state index contributed by atoms with van der Waals surface area (Å²) in [5.41, 5.74) is 4.06. The molecule has 2 fully saturated rings. The third-order valence-electron chi connectivity index (χ3n) is 6.88. The van der Waals surface area contributed by atoms with Gasteiger partial charge in [0.15, 0.2) is 5.65 Å². The predicted octanol–water partition coefficient (Wildman–Crippen LogP) is 3.43. The molecule has 6 nitrogen and oxygen atoms in total. The van der Waals surface area contributed by atoms with Crippen LogP contribution in [0.25, 0.3) is 5.65 Å². The number of fused-ring (bicyclic) bond motifs is 3. The Morgan fingerprint density at radius 2 is 2.15 bits per heavy atom. The first-order valence-corrected chi connectivity index (χ1v) is 11.0. The molecule has 0 amide bonds. The Morgan fingerprint density at radius 3 is 2.93 bits per heavy atom. The molecule has 0 aliphatic heterocycles. The Morgan fingerprint density at radius 1 is 1.30 bits per heavy atom. The van der Waals surface area contributed by atoms with Gasteiger partial charge in [-0.25, -0.2) is 4.98 Å². The number of aromatic nitrogens is 3. The second-order valence-corrected chi connectivity index (χ2v) is 9.30. The van der Waals surface area contributed by atoms with Gasteiger partial charge in [-0.3, -0.25) is 0 Å². The van der Waals surface area contributed by atoms with E-state index in [9.17, 15) is 0 Å². The van der Waals surface area contributed by atoms with E-state index in [2.05, 4.69) is 31.7 Å². The number of halogens is 1. The molecule has 5 rings (SSSR count). The van der Waals surface area contributed by atoms with Crippen molar-refractivity contribution >= 4 is 27.4 Å². The molecule has 2 saturated carbocycles. The van der Waals surface area contributed by atoms with Gasteiger partial charge >= 0.3 is 0 Å². The second-order valence-electron chi connectivity index (χ2n) is 8.45. The van der Waals surface area contributed by atoms with Crippen LogP contribution in [0.15, 0.2) is 10.7 Å². The largest absolute Gasteiger partial charge is 0.383 e. The molecule has 27 heavy (non-hydrogen) atoms. The molecular weight excluding hydrogens is 406 g/mol. The maximum absolute atomic E-state index is 5.16.